The molecule has 0 aliphatic carbocycles. The summed E-state index contributed by atoms with van der Waals surface area (Å²) >= 11 is 0. The molecule has 13 nitrogen and oxygen atoms in total. The molecule has 0 amide bonds. The number of aromatic nitrogens is 10. The van der Waals surface area contributed by atoms with Gasteiger partial charge in [-0.1, -0.05) is 12.1 Å². The van der Waals surface area contributed by atoms with Crippen LogP contribution in [-0.2, 0) is 0 Å². The fourth-order valence-corrected chi connectivity index (χ4v) is 4.35. The third kappa shape index (κ3) is 5.54. The first-order valence-corrected chi connectivity index (χ1v) is 13.0. The van der Waals surface area contributed by atoms with Gasteiger partial charge in [0.1, 0.15) is 24.0 Å². The number of Topliss-reactive ketones (excluding diaryl/α,β-unsaturated/α-hetero) is 2. The molecule has 7 heterocycles. The second-order valence-corrected chi connectivity index (χ2v) is 9.41. The minimum atomic E-state index is -0.631. The van der Waals surface area contributed by atoms with E-state index in [1.165, 1.54) is 29.4 Å². The molecule has 0 fully saturated rings. The van der Waals surface area contributed by atoms with Gasteiger partial charge in [-0.2, -0.15) is 10.2 Å². The number of carbonyl (C=O) groups excluding carboxylic acids is 3. The third-order valence-electron chi connectivity index (χ3n) is 6.39. The number of rotatable bonds is 6. The van der Waals surface area contributed by atoms with Crippen molar-refractivity contribution in [3.8, 4) is 22.6 Å². The van der Waals surface area contributed by atoms with Crippen molar-refractivity contribution in [2.75, 3.05) is 0 Å². The number of H-pyrrole nitrogens is 1. The maximum atomic E-state index is 12.2. The Morgan fingerprint density at radius 1 is 0.744 bits per heavy atom. The van der Waals surface area contributed by atoms with Gasteiger partial charge in [-0.3, -0.25) is 19.4 Å². The monoisotopic (exact) mass is 570 g/mol. The summed E-state index contributed by atoms with van der Waals surface area (Å²) < 4.78 is 3.11. The summed E-state index contributed by atoms with van der Waals surface area (Å²) in [6, 6.07) is 17.7. The highest BCUT2D eigenvalue weighted by molar-refractivity contribution is 6.48. The lowest BCUT2D eigenvalue weighted by molar-refractivity contribution is 0.0813. The summed E-state index contributed by atoms with van der Waals surface area (Å²) in [5.74, 6) is -0.981. The molecule has 0 bridgehead atoms. The Hall–Kier alpha value is -6.24. The van der Waals surface area contributed by atoms with Crippen molar-refractivity contribution < 1.29 is 14.4 Å². The lowest BCUT2D eigenvalue weighted by Gasteiger charge is -2.04. The molecular weight excluding hydrogens is 548 g/mol. The standard InChI is InChI=1S/C16H12N6O.C14H10N4O2/c1-10-3-2-4-12(19-10)16-15(20-13(8-23)21-16)11-5-6-14-17-9-18-22(14)7-11;1-9-3-2-4-11(17-9)14(20)13(19)10-5-6-12-15-8-16-18(12)7-10/h2-9H,1H3,(H,20,21);2-8H,1H3. The van der Waals surface area contributed by atoms with Crippen LogP contribution in [0.1, 0.15) is 42.9 Å². The molecule has 0 saturated carbocycles. The zero-order chi connectivity index (χ0) is 29.9. The zero-order valence-corrected chi connectivity index (χ0v) is 22.9. The van der Waals surface area contributed by atoms with Gasteiger partial charge in [-0.25, -0.2) is 29.0 Å². The molecule has 0 unspecified atom stereocenters. The number of imidazole rings is 1. The van der Waals surface area contributed by atoms with Gasteiger partial charge in [0.15, 0.2) is 23.4 Å². The Morgan fingerprint density at radius 3 is 2.12 bits per heavy atom. The Morgan fingerprint density at radius 2 is 1.42 bits per heavy atom. The Labute approximate surface area is 243 Å². The molecule has 0 spiro atoms. The van der Waals surface area contributed by atoms with Gasteiger partial charge in [0, 0.05) is 34.9 Å². The van der Waals surface area contributed by atoms with Crippen molar-refractivity contribution in [1.29, 1.82) is 0 Å². The van der Waals surface area contributed by atoms with E-state index < -0.39 is 11.6 Å². The van der Waals surface area contributed by atoms with Crippen LogP contribution < -0.4 is 0 Å². The van der Waals surface area contributed by atoms with Crippen LogP contribution in [-0.4, -0.2) is 67.0 Å². The van der Waals surface area contributed by atoms with Gasteiger partial charge < -0.3 is 4.98 Å². The smallest absolute Gasteiger partial charge is 0.251 e. The summed E-state index contributed by atoms with van der Waals surface area (Å²) in [6.45, 7) is 3.68. The first kappa shape index (κ1) is 27.0. The molecule has 0 saturated heterocycles. The lowest BCUT2D eigenvalue weighted by Crippen LogP contribution is -2.16. The Bertz CT molecular complexity index is 2140. The first-order chi connectivity index (χ1) is 20.9. The van der Waals surface area contributed by atoms with E-state index in [1.54, 1.807) is 35.7 Å². The highest BCUT2D eigenvalue weighted by Crippen LogP contribution is 2.29. The molecule has 43 heavy (non-hydrogen) atoms. The van der Waals surface area contributed by atoms with E-state index in [4.69, 9.17) is 0 Å². The van der Waals surface area contributed by atoms with Gasteiger partial charge in [0.2, 0.25) is 5.78 Å². The molecule has 210 valence electrons. The van der Waals surface area contributed by atoms with Gasteiger partial charge in [-0.05, 0) is 62.4 Å². The van der Waals surface area contributed by atoms with Crippen molar-refractivity contribution in [1.82, 2.24) is 49.1 Å². The highest BCUT2D eigenvalue weighted by atomic mass is 16.2. The predicted molar refractivity (Wildman–Crippen MR) is 155 cm³/mol. The average Bonchev–Trinajstić information content (AvgIpc) is 3.79. The van der Waals surface area contributed by atoms with Gasteiger partial charge in [-0.15, -0.1) is 0 Å². The van der Waals surface area contributed by atoms with Crippen LogP contribution in [0.5, 0.6) is 0 Å². The largest absolute Gasteiger partial charge is 0.334 e. The molecule has 0 aliphatic rings. The molecule has 0 aliphatic heterocycles. The van der Waals surface area contributed by atoms with E-state index in [1.807, 2.05) is 43.5 Å². The number of carbonyl (C=O) groups is 3. The van der Waals surface area contributed by atoms with E-state index in [0.717, 1.165) is 22.6 Å². The van der Waals surface area contributed by atoms with Crippen molar-refractivity contribution in [2.24, 2.45) is 0 Å². The maximum absolute atomic E-state index is 12.2. The number of aromatic amines is 1. The van der Waals surface area contributed by atoms with Crippen molar-refractivity contribution in [2.45, 2.75) is 13.8 Å². The van der Waals surface area contributed by atoms with Crippen LogP contribution in [0.15, 0.2) is 85.7 Å². The summed E-state index contributed by atoms with van der Waals surface area (Å²) in [7, 11) is 0. The van der Waals surface area contributed by atoms with Crippen LogP contribution in [0, 0.1) is 13.8 Å². The van der Waals surface area contributed by atoms with E-state index in [2.05, 4.69) is 40.1 Å². The number of nitrogens with zero attached hydrogens (tertiary/aromatic N) is 9. The minimum absolute atomic E-state index is 0.147. The molecule has 0 radical (unpaired) electrons. The van der Waals surface area contributed by atoms with E-state index >= 15 is 0 Å². The summed E-state index contributed by atoms with van der Waals surface area (Å²) in [5, 5.41) is 8.07. The molecule has 13 heteroatoms. The van der Waals surface area contributed by atoms with Crippen molar-refractivity contribution in [3.05, 3.63) is 114 Å². The third-order valence-corrected chi connectivity index (χ3v) is 6.39. The number of fused-ring (bicyclic) bond motifs is 2. The van der Waals surface area contributed by atoms with Crippen LogP contribution >= 0.6 is 0 Å². The molecule has 0 atom stereocenters. The van der Waals surface area contributed by atoms with Gasteiger partial charge in [0.05, 0.1) is 11.4 Å². The molecule has 1 N–H and O–H groups in total. The number of nitrogens with one attached hydrogen (secondary N) is 1. The second-order valence-electron chi connectivity index (χ2n) is 9.41. The van der Waals surface area contributed by atoms with Crippen LogP contribution in [0.2, 0.25) is 0 Å². The fourth-order valence-electron chi connectivity index (χ4n) is 4.35. The quantitative estimate of drug-likeness (QED) is 0.176. The van der Waals surface area contributed by atoms with Crippen molar-refractivity contribution >= 4 is 29.1 Å². The van der Waals surface area contributed by atoms with Crippen LogP contribution in [0.3, 0.4) is 0 Å². The fraction of sp³-hybridized carbons (Fsp3) is 0.0667. The number of pyridine rings is 4. The molecule has 7 rings (SSSR count). The molecule has 7 aromatic heterocycles. The topological polar surface area (TPSA) is 166 Å². The number of aldehydes is 1. The van der Waals surface area contributed by atoms with E-state index in [9.17, 15) is 14.4 Å². The minimum Gasteiger partial charge on any atom is -0.334 e. The van der Waals surface area contributed by atoms with Crippen LogP contribution in [0.25, 0.3) is 33.9 Å². The lowest BCUT2D eigenvalue weighted by atomic mass is 10.1. The number of ketones is 2. The van der Waals surface area contributed by atoms with E-state index in [0.29, 0.717) is 29.0 Å². The summed E-state index contributed by atoms with van der Waals surface area (Å²) in [5.41, 5.74) is 6.27. The summed E-state index contributed by atoms with van der Waals surface area (Å²) in [4.78, 5) is 59.5. The molecular formula is C30H22N10O3. The number of hydrogen-bond acceptors (Lipinski definition) is 10. The predicted octanol–water partition coefficient (Wildman–Crippen LogP) is 3.80. The van der Waals surface area contributed by atoms with Gasteiger partial charge >= 0.3 is 0 Å². The van der Waals surface area contributed by atoms with Gasteiger partial charge in [0.25, 0.3) is 5.78 Å². The number of aryl methyl sites for hydroxylation is 2. The Balaban J connectivity index is 0.000000155. The SMILES string of the molecule is Cc1cccc(-c2[nH]c(C=O)nc2-c2ccc3ncnn3c2)n1.Cc1cccc(C(=O)C(=O)c2ccc3ncnn3c2)n1. The van der Waals surface area contributed by atoms with E-state index in [-0.39, 0.29) is 17.1 Å². The average molecular weight is 571 g/mol. The maximum Gasteiger partial charge on any atom is 0.251 e. The second kappa shape index (κ2) is 11.3. The normalized spacial score (nSPS) is 10.8. The summed E-state index contributed by atoms with van der Waals surface area (Å²) in [6.07, 6.45) is 6.87. The molecule has 7 aromatic rings. The number of hydrogen-bond donors (Lipinski definition) is 1. The Kier molecular flexibility index (Phi) is 7.10. The molecule has 0 aromatic carbocycles. The van der Waals surface area contributed by atoms with Crippen LogP contribution in [0.4, 0.5) is 0 Å². The first-order valence-electron chi connectivity index (χ1n) is 13.0. The van der Waals surface area contributed by atoms with Crippen molar-refractivity contribution in [3.63, 3.8) is 0 Å². The zero-order valence-electron chi connectivity index (χ0n) is 22.9. The highest BCUT2D eigenvalue weighted by Gasteiger charge is 2.20.